The van der Waals surface area contributed by atoms with Crippen molar-refractivity contribution in [3.63, 3.8) is 0 Å². The number of carbonyl (C=O) groups excluding carboxylic acids is 2. The van der Waals surface area contributed by atoms with E-state index < -0.39 is 11.4 Å². The smallest absolute Gasteiger partial charge is 0.319 e. The Morgan fingerprint density at radius 3 is 2.06 bits per heavy atom. The highest BCUT2D eigenvalue weighted by Gasteiger charge is 2.36. The van der Waals surface area contributed by atoms with E-state index >= 15 is 0 Å². The van der Waals surface area contributed by atoms with Crippen molar-refractivity contribution >= 4 is 11.8 Å². The Kier molecular flexibility index (Phi) is 8.69. The van der Waals surface area contributed by atoms with Crippen molar-refractivity contribution in [2.24, 2.45) is 5.41 Å². The molecule has 3 heteroatoms. The van der Waals surface area contributed by atoms with Crippen LogP contribution in [-0.2, 0) is 14.3 Å². The van der Waals surface area contributed by atoms with Gasteiger partial charge in [0.25, 0.3) is 0 Å². The van der Waals surface area contributed by atoms with Crippen LogP contribution in [0.4, 0.5) is 0 Å². The monoisotopic (exact) mass is 256 g/mol. The molecule has 0 N–H and O–H groups in total. The first-order valence-corrected chi connectivity index (χ1v) is 7.17. The normalized spacial score (nSPS) is 11.3. The lowest BCUT2D eigenvalue weighted by atomic mass is 9.85. The standard InChI is InChI=1S/C15H28O3/c1-5-7-8-9-10-11-12-13(16)15(3,4)14(17)18-6-2/h5-12H2,1-4H3. The fraction of sp³-hybridized carbons (Fsp3) is 0.867. The van der Waals surface area contributed by atoms with Crippen molar-refractivity contribution in [1.29, 1.82) is 0 Å². The zero-order valence-corrected chi connectivity index (χ0v) is 12.4. The Labute approximate surface area is 111 Å². The summed E-state index contributed by atoms with van der Waals surface area (Å²) in [4.78, 5) is 23.6. The molecular formula is C15H28O3. The van der Waals surface area contributed by atoms with Gasteiger partial charge in [0.1, 0.15) is 11.2 Å². The van der Waals surface area contributed by atoms with E-state index in [9.17, 15) is 9.59 Å². The van der Waals surface area contributed by atoms with Gasteiger partial charge in [-0.05, 0) is 27.2 Å². The van der Waals surface area contributed by atoms with Gasteiger partial charge in [0.05, 0.1) is 6.61 Å². The highest BCUT2D eigenvalue weighted by atomic mass is 16.5. The number of ketones is 1. The Hall–Kier alpha value is -0.860. The summed E-state index contributed by atoms with van der Waals surface area (Å²) < 4.78 is 4.93. The number of carbonyl (C=O) groups is 2. The number of rotatable bonds is 10. The molecule has 0 aliphatic carbocycles. The summed E-state index contributed by atoms with van der Waals surface area (Å²) in [5.41, 5.74) is -0.987. The highest BCUT2D eigenvalue weighted by Crippen LogP contribution is 2.22. The molecule has 0 aliphatic rings. The second-order valence-corrected chi connectivity index (χ2v) is 5.29. The van der Waals surface area contributed by atoms with E-state index in [-0.39, 0.29) is 5.78 Å². The lowest BCUT2D eigenvalue weighted by molar-refractivity contribution is -0.157. The van der Waals surface area contributed by atoms with Crippen molar-refractivity contribution in [3.8, 4) is 0 Å². The fourth-order valence-electron chi connectivity index (χ4n) is 1.80. The van der Waals surface area contributed by atoms with E-state index in [1.807, 2.05) is 0 Å². The Morgan fingerprint density at radius 2 is 1.50 bits per heavy atom. The van der Waals surface area contributed by atoms with Gasteiger partial charge in [-0.1, -0.05) is 39.0 Å². The molecule has 106 valence electrons. The number of ether oxygens (including phenoxy) is 1. The summed E-state index contributed by atoms with van der Waals surface area (Å²) in [6, 6.07) is 0. The SMILES string of the molecule is CCCCCCCCC(=O)C(C)(C)C(=O)OCC. The van der Waals surface area contributed by atoms with Crippen molar-refractivity contribution in [3.05, 3.63) is 0 Å². The minimum absolute atomic E-state index is 0.00329. The predicted molar refractivity (Wildman–Crippen MR) is 73.4 cm³/mol. The maximum atomic E-state index is 12.0. The molecule has 0 aliphatic heterocycles. The molecule has 0 fully saturated rings. The topological polar surface area (TPSA) is 43.4 Å². The molecule has 0 aromatic rings. The molecule has 18 heavy (non-hydrogen) atoms. The first kappa shape index (κ1) is 17.1. The number of hydrogen-bond donors (Lipinski definition) is 0. The van der Waals surface area contributed by atoms with E-state index in [1.54, 1.807) is 20.8 Å². The second-order valence-electron chi connectivity index (χ2n) is 5.29. The average molecular weight is 256 g/mol. The Bertz CT molecular complexity index is 256. The molecule has 0 saturated heterocycles. The molecule has 0 atom stereocenters. The van der Waals surface area contributed by atoms with Gasteiger partial charge < -0.3 is 4.74 Å². The van der Waals surface area contributed by atoms with Crippen LogP contribution in [0.2, 0.25) is 0 Å². The summed E-state index contributed by atoms with van der Waals surface area (Å²) in [6.45, 7) is 7.58. The second kappa shape index (κ2) is 9.12. The number of esters is 1. The quantitative estimate of drug-likeness (QED) is 0.338. The maximum absolute atomic E-state index is 12.0. The summed E-state index contributed by atoms with van der Waals surface area (Å²) in [5.74, 6) is -0.405. The molecule has 0 amide bonds. The van der Waals surface area contributed by atoms with Gasteiger partial charge in [-0.2, -0.15) is 0 Å². The molecule has 0 saturated carbocycles. The average Bonchev–Trinajstić information content (AvgIpc) is 2.33. The molecule has 0 spiro atoms. The maximum Gasteiger partial charge on any atom is 0.319 e. The third-order valence-electron chi connectivity index (χ3n) is 3.24. The molecular weight excluding hydrogens is 228 g/mol. The molecule has 3 nitrogen and oxygen atoms in total. The van der Waals surface area contributed by atoms with Gasteiger partial charge in [-0.25, -0.2) is 0 Å². The Balaban J connectivity index is 3.89. The zero-order valence-electron chi connectivity index (χ0n) is 12.4. The summed E-state index contributed by atoms with van der Waals surface area (Å²) in [7, 11) is 0. The van der Waals surface area contributed by atoms with E-state index in [0.717, 1.165) is 12.8 Å². The van der Waals surface area contributed by atoms with E-state index in [4.69, 9.17) is 4.74 Å². The lowest BCUT2D eigenvalue weighted by Gasteiger charge is -2.20. The summed E-state index contributed by atoms with van der Waals surface area (Å²) >= 11 is 0. The highest BCUT2D eigenvalue weighted by molar-refractivity contribution is 6.02. The largest absolute Gasteiger partial charge is 0.465 e. The molecule has 0 unspecified atom stereocenters. The van der Waals surface area contributed by atoms with Crippen LogP contribution >= 0.6 is 0 Å². The summed E-state index contributed by atoms with van der Waals surface area (Å²) in [6.07, 6.45) is 7.36. The molecule has 0 bridgehead atoms. The zero-order chi connectivity index (χ0) is 14.0. The molecule has 0 rings (SSSR count). The minimum atomic E-state index is -0.987. The van der Waals surface area contributed by atoms with Crippen LogP contribution in [0.25, 0.3) is 0 Å². The van der Waals surface area contributed by atoms with Crippen molar-refractivity contribution < 1.29 is 14.3 Å². The van der Waals surface area contributed by atoms with Gasteiger partial charge in [0, 0.05) is 6.42 Å². The van der Waals surface area contributed by atoms with Gasteiger partial charge in [-0.3, -0.25) is 9.59 Å². The minimum Gasteiger partial charge on any atom is -0.465 e. The van der Waals surface area contributed by atoms with Gasteiger partial charge >= 0.3 is 5.97 Å². The van der Waals surface area contributed by atoms with Gasteiger partial charge in [-0.15, -0.1) is 0 Å². The van der Waals surface area contributed by atoms with E-state index in [2.05, 4.69) is 6.92 Å². The van der Waals surface area contributed by atoms with E-state index in [0.29, 0.717) is 13.0 Å². The van der Waals surface area contributed by atoms with E-state index in [1.165, 1.54) is 25.7 Å². The van der Waals surface area contributed by atoms with Gasteiger partial charge in [0.15, 0.2) is 0 Å². The van der Waals surface area contributed by atoms with Crippen LogP contribution in [0.15, 0.2) is 0 Å². The van der Waals surface area contributed by atoms with Crippen LogP contribution in [0.3, 0.4) is 0 Å². The van der Waals surface area contributed by atoms with Crippen LogP contribution in [-0.4, -0.2) is 18.4 Å². The lowest BCUT2D eigenvalue weighted by Crippen LogP contribution is -2.35. The number of unbranched alkanes of at least 4 members (excludes halogenated alkanes) is 5. The molecule has 0 aromatic heterocycles. The molecule has 0 heterocycles. The van der Waals surface area contributed by atoms with Crippen LogP contribution in [0, 0.1) is 5.41 Å². The molecule has 0 aromatic carbocycles. The third kappa shape index (κ3) is 6.18. The van der Waals surface area contributed by atoms with Crippen molar-refractivity contribution in [1.82, 2.24) is 0 Å². The third-order valence-corrected chi connectivity index (χ3v) is 3.24. The first-order chi connectivity index (χ1) is 8.46. The van der Waals surface area contributed by atoms with Crippen LogP contribution < -0.4 is 0 Å². The number of hydrogen-bond acceptors (Lipinski definition) is 3. The summed E-state index contributed by atoms with van der Waals surface area (Å²) in [5, 5.41) is 0. The molecule has 0 radical (unpaired) electrons. The van der Waals surface area contributed by atoms with Crippen molar-refractivity contribution in [2.75, 3.05) is 6.61 Å². The predicted octanol–water partition coefficient (Wildman–Crippen LogP) is 3.90. The van der Waals surface area contributed by atoms with Gasteiger partial charge in [0.2, 0.25) is 0 Å². The van der Waals surface area contributed by atoms with Crippen LogP contribution in [0.1, 0.15) is 72.6 Å². The van der Waals surface area contributed by atoms with Crippen molar-refractivity contribution in [2.45, 2.75) is 72.6 Å². The van der Waals surface area contributed by atoms with Crippen LogP contribution in [0.5, 0.6) is 0 Å². The number of Topliss-reactive ketones (excluding diaryl/α,β-unsaturated/α-hetero) is 1. The first-order valence-electron chi connectivity index (χ1n) is 7.17. The Morgan fingerprint density at radius 1 is 0.944 bits per heavy atom. The fourth-order valence-corrected chi connectivity index (χ4v) is 1.80.